The number of carbonyl (C=O) groups is 1. The number of halogens is 1. The first-order valence-electron chi connectivity index (χ1n) is 9.86. The summed E-state index contributed by atoms with van der Waals surface area (Å²) in [7, 11) is 0. The zero-order valence-corrected chi connectivity index (χ0v) is 17.6. The average molecular weight is 423 g/mol. The number of aliphatic hydroxyl groups is 1. The first-order chi connectivity index (χ1) is 14.5. The van der Waals surface area contributed by atoms with Gasteiger partial charge in [0.25, 0.3) is 5.91 Å². The van der Waals surface area contributed by atoms with E-state index >= 15 is 0 Å². The Hall–Kier alpha value is -2.96. The van der Waals surface area contributed by atoms with Gasteiger partial charge in [-0.3, -0.25) is 4.79 Å². The minimum absolute atomic E-state index is 0.111. The molecule has 0 aliphatic carbocycles. The number of aliphatic hydroxyl groups excluding tert-OH is 1. The van der Waals surface area contributed by atoms with E-state index in [1.165, 1.54) is 0 Å². The smallest absolute Gasteiger partial charge is 0.255 e. The van der Waals surface area contributed by atoms with Crippen LogP contribution in [0, 0.1) is 0 Å². The number of nitrogens with one attached hydrogen (secondary N) is 1. The van der Waals surface area contributed by atoms with Gasteiger partial charge in [-0.15, -0.1) is 0 Å². The first kappa shape index (κ1) is 20.3. The number of fused-ring (bicyclic) bond motifs is 1. The largest absolute Gasteiger partial charge is 0.394 e. The van der Waals surface area contributed by atoms with E-state index in [1.54, 1.807) is 23.2 Å². The van der Waals surface area contributed by atoms with Crippen LogP contribution in [-0.2, 0) is 6.54 Å². The van der Waals surface area contributed by atoms with Crippen molar-refractivity contribution in [3.8, 4) is 11.3 Å². The van der Waals surface area contributed by atoms with Gasteiger partial charge in [0.05, 0.1) is 18.3 Å². The van der Waals surface area contributed by atoms with Crippen LogP contribution in [0.1, 0.15) is 41.4 Å². The summed E-state index contributed by atoms with van der Waals surface area (Å²) < 4.78 is 0. The van der Waals surface area contributed by atoms with Crippen molar-refractivity contribution in [1.82, 2.24) is 14.9 Å². The molecule has 0 radical (unpaired) electrons. The topological polar surface area (TPSA) is 78.4 Å². The van der Waals surface area contributed by atoms with Crippen LogP contribution >= 0.6 is 11.6 Å². The predicted octanol–water partition coefficient (Wildman–Crippen LogP) is 4.31. The third-order valence-corrected chi connectivity index (χ3v) is 5.33. The Morgan fingerprint density at radius 1 is 1.20 bits per heavy atom. The summed E-state index contributed by atoms with van der Waals surface area (Å²) in [5.74, 6) is 0.442. The van der Waals surface area contributed by atoms with Crippen molar-refractivity contribution >= 4 is 23.5 Å². The Bertz CT molecular complexity index is 1090. The van der Waals surface area contributed by atoms with E-state index in [2.05, 4.69) is 15.3 Å². The predicted molar refractivity (Wildman–Crippen MR) is 117 cm³/mol. The normalized spacial score (nSPS) is 14.2. The molecule has 30 heavy (non-hydrogen) atoms. The van der Waals surface area contributed by atoms with Crippen LogP contribution in [0.3, 0.4) is 0 Å². The highest BCUT2D eigenvalue weighted by Gasteiger charge is 2.33. The number of benzene rings is 2. The van der Waals surface area contributed by atoms with Gasteiger partial charge < -0.3 is 15.3 Å². The van der Waals surface area contributed by atoms with Crippen molar-refractivity contribution in [2.75, 3.05) is 11.9 Å². The van der Waals surface area contributed by atoms with Gasteiger partial charge in [0.1, 0.15) is 0 Å². The molecule has 1 aromatic heterocycles. The van der Waals surface area contributed by atoms with E-state index in [9.17, 15) is 9.90 Å². The minimum atomic E-state index is -0.451. The van der Waals surface area contributed by atoms with Crippen molar-refractivity contribution in [2.45, 2.75) is 32.5 Å². The van der Waals surface area contributed by atoms with Gasteiger partial charge in [-0.25, -0.2) is 9.97 Å². The number of hydrogen-bond donors (Lipinski definition) is 2. The highest BCUT2D eigenvalue weighted by molar-refractivity contribution is 6.30. The lowest BCUT2D eigenvalue weighted by atomic mass is 10.0. The van der Waals surface area contributed by atoms with E-state index in [0.717, 1.165) is 22.4 Å². The minimum Gasteiger partial charge on any atom is -0.394 e. The fraction of sp³-hybridized carbons (Fsp3) is 0.261. The molecule has 0 bridgehead atoms. The lowest BCUT2D eigenvalue weighted by molar-refractivity contribution is 0.0615. The van der Waals surface area contributed by atoms with E-state index in [0.29, 0.717) is 23.1 Å². The summed E-state index contributed by atoms with van der Waals surface area (Å²) in [6.45, 7) is 4.31. The molecule has 7 heteroatoms. The first-order valence-corrected chi connectivity index (χ1v) is 10.2. The summed E-state index contributed by atoms with van der Waals surface area (Å²) in [5, 5.41) is 13.8. The number of amides is 1. The second-order valence-electron chi connectivity index (χ2n) is 7.62. The maximum atomic E-state index is 13.2. The molecule has 1 aliphatic rings. The van der Waals surface area contributed by atoms with Gasteiger partial charge in [-0.05, 0) is 49.2 Å². The van der Waals surface area contributed by atoms with Crippen molar-refractivity contribution < 1.29 is 9.90 Å². The van der Waals surface area contributed by atoms with Crippen molar-refractivity contribution in [3.63, 3.8) is 0 Å². The number of anilines is 1. The van der Waals surface area contributed by atoms with Crippen LogP contribution in [0.25, 0.3) is 11.3 Å². The van der Waals surface area contributed by atoms with Gasteiger partial charge in [0.15, 0.2) is 0 Å². The van der Waals surface area contributed by atoms with Gasteiger partial charge in [-0.2, -0.15) is 0 Å². The molecule has 2 aromatic carbocycles. The van der Waals surface area contributed by atoms with Crippen LogP contribution in [0.5, 0.6) is 0 Å². The summed E-state index contributed by atoms with van der Waals surface area (Å²) in [6, 6.07) is 14.6. The van der Waals surface area contributed by atoms with Crippen LogP contribution in [0.4, 0.5) is 5.95 Å². The molecule has 0 spiro atoms. The molecule has 2 N–H and O–H groups in total. The second-order valence-corrected chi connectivity index (χ2v) is 8.06. The number of rotatable bonds is 6. The molecule has 1 atom stereocenters. The summed E-state index contributed by atoms with van der Waals surface area (Å²) >= 11 is 6.11. The summed E-state index contributed by atoms with van der Waals surface area (Å²) in [5.41, 5.74) is 3.97. The molecule has 0 fully saturated rings. The van der Waals surface area contributed by atoms with E-state index < -0.39 is 6.04 Å². The Morgan fingerprint density at radius 2 is 2.03 bits per heavy atom. The lowest BCUT2D eigenvalue weighted by Gasteiger charge is -2.26. The zero-order chi connectivity index (χ0) is 21.3. The van der Waals surface area contributed by atoms with Gasteiger partial charge in [-0.1, -0.05) is 35.9 Å². The second kappa shape index (κ2) is 8.42. The zero-order valence-electron chi connectivity index (χ0n) is 16.8. The Kier molecular flexibility index (Phi) is 5.70. The average Bonchev–Trinajstić information content (AvgIpc) is 3.04. The van der Waals surface area contributed by atoms with E-state index in [1.807, 2.05) is 50.2 Å². The summed E-state index contributed by atoms with van der Waals surface area (Å²) in [4.78, 5) is 23.7. The Balaban J connectivity index is 1.63. The number of nitrogens with zero attached hydrogens (tertiary/aromatic N) is 3. The summed E-state index contributed by atoms with van der Waals surface area (Å²) in [6.07, 6.45) is 1.70. The van der Waals surface area contributed by atoms with Crippen molar-refractivity contribution in [1.29, 1.82) is 0 Å². The third kappa shape index (κ3) is 4.01. The SMILES string of the molecule is CC(C)Nc1nccc(-c2ccc3c(c2)C(=O)N(C(CO)c2cccc(Cl)c2)C3)n1. The molecule has 0 saturated heterocycles. The number of carbonyl (C=O) groups excluding carboxylic acids is 1. The molecule has 1 unspecified atom stereocenters. The van der Waals surface area contributed by atoms with Gasteiger partial charge >= 0.3 is 0 Å². The maximum absolute atomic E-state index is 13.2. The molecule has 4 rings (SSSR count). The Morgan fingerprint density at radius 3 is 2.77 bits per heavy atom. The molecule has 6 nitrogen and oxygen atoms in total. The Labute approximate surface area is 180 Å². The highest BCUT2D eigenvalue weighted by Crippen LogP contribution is 2.34. The molecule has 154 valence electrons. The van der Waals surface area contributed by atoms with Crippen LogP contribution < -0.4 is 5.32 Å². The van der Waals surface area contributed by atoms with Crippen LogP contribution in [-0.4, -0.2) is 38.5 Å². The molecular weight excluding hydrogens is 400 g/mol. The monoisotopic (exact) mass is 422 g/mol. The van der Waals surface area contributed by atoms with E-state index in [4.69, 9.17) is 11.6 Å². The van der Waals surface area contributed by atoms with Gasteiger partial charge in [0.2, 0.25) is 5.95 Å². The molecule has 1 amide bonds. The lowest BCUT2D eigenvalue weighted by Crippen LogP contribution is -2.31. The van der Waals surface area contributed by atoms with Crippen molar-refractivity contribution in [3.05, 3.63) is 76.4 Å². The fourth-order valence-electron chi connectivity index (χ4n) is 3.68. The van der Waals surface area contributed by atoms with Gasteiger partial charge in [0, 0.05) is 34.9 Å². The van der Waals surface area contributed by atoms with Crippen LogP contribution in [0.2, 0.25) is 5.02 Å². The maximum Gasteiger partial charge on any atom is 0.255 e. The van der Waals surface area contributed by atoms with Crippen molar-refractivity contribution in [2.24, 2.45) is 0 Å². The number of hydrogen-bond acceptors (Lipinski definition) is 5. The quantitative estimate of drug-likeness (QED) is 0.619. The molecule has 2 heterocycles. The third-order valence-electron chi connectivity index (χ3n) is 5.09. The fourth-order valence-corrected chi connectivity index (χ4v) is 3.88. The van der Waals surface area contributed by atoms with Crippen LogP contribution in [0.15, 0.2) is 54.7 Å². The number of aromatic nitrogens is 2. The molecular formula is C23H23ClN4O2. The molecule has 3 aromatic rings. The molecule has 1 aliphatic heterocycles. The standard InChI is InChI=1S/C23H23ClN4O2/c1-14(2)26-23-25-9-8-20(27-23)15-6-7-17-12-28(22(30)19(17)11-15)21(13-29)16-4-3-5-18(24)10-16/h3-11,14,21,29H,12-13H2,1-2H3,(H,25,26,27). The molecule has 0 saturated carbocycles. The van der Waals surface area contributed by atoms with E-state index in [-0.39, 0.29) is 18.6 Å². The highest BCUT2D eigenvalue weighted by atomic mass is 35.5.